The van der Waals surface area contributed by atoms with Crippen LogP contribution in [-0.4, -0.2) is 35.5 Å². The van der Waals surface area contributed by atoms with Crippen LogP contribution in [0.25, 0.3) is 0 Å². The molecule has 0 aliphatic rings. The van der Waals surface area contributed by atoms with E-state index in [1.807, 2.05) is 0 Å². The van der Waals surface area contributed by atoms with Gasteiger partial charge in [-0.25, -0.2) is 4.79 Å². The van der Waals surface area contributed by atoms with Gasteiger partial charge in [0.05, 0.1) is 11.7 Å². The molecule has 11 heavy (non-hydrogen) atoms. The Hall–Kier alpha value is -0.870. The number of methoxy groups -OCH3 is 1. The lowest BCUT2D eigenvalue weighted by atomic mass is 10.1. The van der Waals surface area contributed by atoms with Crippen LogP contribution in [0.2, 0.25) is 0 Å². The Morgan fingerprint density at radius 1 is 1.64 bits per heavy atom. The fourth-order valence-electron chi connectivity index (χ4n) is 0.752. The first-order valence-corrected chi connectivity index (χ1v) is 3.13. The Morgan fingerprint density at radius 2 is 2.09 bits per heavy atom. The molecule has 0 amide bonds. The smallest absolute Gasteiger partial charge is 0.333 e. The number of hydrogen-bond donors (Lipinski definition) is 2. The fraction of sp³-hybridized carbons (Fsp3) is 0.571. The van der Waals surface area contributed by atoms with Crippen LogP contribution in [0.5, 0.6) is 0 Å². The molecule has 0 saturated heterocycles. The Kier molecular flexibility index (Phi) is 3.78. The molecule has 0 fully saturated rings. The van der Waals surface area contributed by atoms with E-state index in [0.717, 1.165) is 0 Å². The highest BCUT2D eigenvalue weighted by Gasteiger charge is 2.22. The van der Waals surface area contributed by atoms with Crippen LogP contribution in [0.1, 0.15) is 6.92 Å². The summed E-state index contributed by atoms with van der Waals surface area (Å²) in [6.07, 6.45) is -1.68. The normalized spacial score (nSPS) is 15.5. The van der Waals surface area contributed by atoms with Crippen molar-refractivity contribution in [2.24, 2.45) is 0 Å². The van der Waals surface area contributed by atoms with Gasteiger partial charge >= 0.3 is 5.97 Å². The number of rotatable bonds is 4. The molecular weight excluding hydrogens is 148 g/mol. The maximum atomic E-state index is 10.3. The van der Waals surface area contributed by atoms with Crippen LogP contribution in [-0.2, 0) is 9.53 Å². The SMILES string of the molecule is C=C(C(=O)O)C(OC)C(C)O. The van der Waals surface area contributed by atoms with Crippen LogP contribution >= 0.6 is 0 Å². The van der Waals surface area contributed by atoms with Crippen molar-refractivity contribution in [3.8, 4) is 0 Å². The molecule has 0 aromatic carbocycles. The summed E-state index contributed by atoms with van der Waals surface area (Å²) in [6, 6.07) is 0. The number of carboxylic acids is 1. The largest absolute Gasteiger partial charge is 0.478 e. The Bertz CT molecular complexity index is 162. The molecule has 2 N–H and O–H groups in total. The van der Waals surface area contributed by atoms with Crippen molar-refractivity contribution in [3.63, 3.8) is 0 Å². The van der Waals surface area contributed by atoms with E-state index in [4.69, 9.17) is 14.9 Å². The van der Waals surface area contributed by atoms with Crippen LogP contribution in [0.4, 0.5) is 0 Å². The van der Waals surface area contributed by atoms with Crippen molar-refractivity contribution >= 4 is 5.97 Å². The second kappa shape index (κ2) is 4.10. The second-order valence-electron chi connectivity index (χ2n) is 2.23. The third kappa shape index (κ3) is 2.69. The van der Waals surface area contributed by atoms with Crippen LogP contribution < -0.4 is 0 Å². The minimum absolute atomic E-state index is 0.137. The van der Waals surface area contributed by atoms with Gasteiger partial charge in [0.2, 0.25) is 0 Å². The minimum Gasteiger partial charge on any atom is -0.478 e. The average Bonchev–Trinajstić information content (AvgIpc) is 1.88. The minimum atomic E-state index is -1.15. The van der Waals surface area contributed by atoms with Crippen molar-refractivity contribution in [2.45, 2.75) is 19.1 Å². The lowest BCUT2D eigenvalue weighted by Crippen LogP contribution is -2.30. The number of aliphatic hydroxyl groups is 1. The van der Waals surface area contributed by atoms with Crippen LogP contribution in [0, 0.1) is 0 Å². The van der Waals surface area contributed by atoms with Gasteiger partial charge in [-0.3, -0.25) is 0 Å². The van der Waals surface area contributed by atoms with Gasteiger partial charge in [0, 0.05) is 7.11 Å². The maximum absolute atomic E-state index is 10.3. The molecule has 0 bridgehead atoms. The van der Waals surface area contributed by atoms with Gasteiger partial charge in [-0.05, 0) is 6.92 Å². The van der Waals surface area contributed by atoms with Gasteiger partial charge in [-0.15, -0.1) is 0 Å². The predicted octanol–water partition coefficient (Wildman–Crippen LogP) is 0.0230. The number of aliphatic carboxylic acids is 1. The van der Waals surface area contributed by atoms with Gasteiger partial charge < -0.3 is 14.9 Å². The molecule has 0 radical (unpaired) electrons. The molecule has 0 rings (SSSR count). The van der Waals surface area contributed by atoms with Crippen molar-refractivity contribution in [3.05, 3.63) is 12.2 Å². The molecule has 4 nitrogen and oxygen atoms in total. The topological polar surface area (TPSA) is 66.8 Å². The number of carboxylic acid groups (broad SMARTS) is 1. The van der Waals surface area contributed by atoms with E-state index in [-0.39, 0.29) is 5.57 Å². The maximum Gasteiger partial charge on any atom is 0.333 e. The molecule has 2 unspecified atom stereocenters. The summed E-state index contributed by atoms with van der Waals surface area (Å²) in [6.45, 7) is 4.71. The first-order chi connectivity index (χ1) is 5.00. The van der Waals surface area contributed by atoms with E-state index >= 15 is 0 Å². The summed E-state index contributed by atoms with van der Waals surface area (Å²) < 4.78 is 4.70. The van der Waals surface area contributed by atoms with Gasteiger partial charge in [-0.1, -0.05) is 6.58 Å². The monoisotopic (exact) mass is 160 g/mol. The highest BCUT2D eigenvalue weighted by atomic mass is 16.5. The summed E-state index contributed by atoms with van der Waals surface area (Å²) in [5.41, 5.74) is -0.137. The molecule has 0 spiro atoms. The Labute approximate surface area is 65.1 Å². The Balaban J connectivity index is 4.26. The summed E-state index contributed by atoms with van der Waals surface area (Å²) in [5.74, 6) is -1.15. The number of carbonyl (C=O) groups is 1. The quantitative estimate of drug-likeness (QED) is 0.569. The number of aliphatic hydroxyl groups excluding tert-OH is 1. The third-order valence-corrected chi connectivity index (χ3v) is 1.31. The summed E-state index contributed by atoms with van der Waals surface area (Å²) in [5, 5.41) is 17.4. The Morgan fingerprint density at radius 3 is 2.18 bits per heavy atom. The molecular formula is C7H12O4. The van der Waals surface area contributed by atoms with Crippen molar-refractivity contribution in [2.75, 3.05) is 7.11 Å². The zero-order valence-electron chi connectivity index (χ0n) is 6.57. The molecule has 4 heteroatoms. The first kappa shape index (κ1) is 10.1. The molecule has 64 valence electrons. The van der Waals surface area contributed by atoms with Gasteiger partial charge in [0.25, 0.3) is 0 Å². The molecule has 0 aliphatic heterocycles. The molecule has 0 aromatic rings. The predicted molar refractivity (Wildman–Crippen MR) is 39.3 cm³/mol. The van der Waals surface area contributed by atoms with Crippen molar-refractivity contribution in [1.82, 2.24) is 0 Å². The third-order valence-electron chi connectivity index (χ3n) is 1.31. The molecule has 0 aromatic heterocycles. The summed E-state index contributed by atoms with van der Waals surface area (Å²) in [7, 11) is 1.32. The van der Waals surface area contributed by atoms with Crippen molar-refractivity contribution in [1.29, 1.82) is 0 Å². The van der Waals surface area contributed by atoms with E-state index < -0.39 is 18.2 Å². The van der Waals surface area contributed by atoms with Crippen molar-refractivity contribution < 1.29 is 19.7 Å². The standard InChI is InChI=1S/C7H12O4/c1-4(7(9)10)6(11-3)5(2)8/h5-6,8H,1H2,2-3H3,(H,9,10). The molecule has 2 atom stereocenters. The highest BCUT2D eigenvalue weighted by molar-refractivity contribution is 5.87. The first-order valence-electron chi connectivity index (χ1n) is 3.13. The zero-order chi connectivity index (χ0) is 9.02. The molecule has 0 aliphatic carbocycles. The number of hydrogen-bond acceptors (Lipinski definition) is 3. The lowest BCUT2D eigenvalue weighted by Gasteiger charge is -2.17. The van der Waals surface area contributed by atoms with E-state index in [2.05, 4.69) is 6.58 Å². The summed E-state index contributed by atoms with van der Waals surface area (Å²) in [4.78, 5) is 10.3. The van der Waals surface area contributed by atoms with E-state index in [1.165, 1.54) is 14.0 Å². The average molecular weight is 160 g/mol. The van der Waals surface area contributed by atoms with Crippen LogP contribution in [0.15, 0.2) is 12.2 Å². The summed E-state index contributed by atoms with van der Waals surface area (Å²) >= 11 is 0. The highest BCUT2D eigenvalue weighted by Crippen LogP contribution is 2.08. The van der Waals surface area contributed by atoms with E-state index in [9.17, 15) is 4.79 Å². The van der Waals surface area contributed by atoms with Gasteiger partial charge in [-0.2, -0.15) is 0 Å². The molecule has 0 heterocycles. The molecule has 0 saturated carbocycles. The van der Waals surface area contributed by atoms with Gasteiger partial charge in [0.15, 0.2) is 0 Å². The van der Waals surface area contributed by atoms with E-state index in [0.29, 0.717) is 0 Å². The van der Waals surface area contributed by atoms with Gasteiger partial charge in [0.1, 0.15) is 6.10 Å². The fourth-order valence-corrected chi connectivity index (χ4v) is 0.752. The number of ether oxygens (including phenoxy) is 1. The lowest BCUT2D eigenvalue weighted by molar-refractivity contribution is -0.135. The van der Waals surface area contributed by atoms with Crippen LogP contribution in [0.3, 0.4) is 0 Å². The zero-order valence-corrected chi connectivity index (χ0v) is 6.57. The van der Waals surface area contributed by atoms with E-state index in [1.54, 1.807) is 0 Å². The second-order valence-corrected chi connectivity index (χ2v) is 2.23.